The van der Waals surface area contributed by atoms with Gasteiger partial charge in [0.05, 0.1) is 52.1 Å². The second-order valence-corrected chi connectivity index (χ2v) is 14.7. The van der Waals surface area contributed by atoms with Crippen molar-refractivity contribution in [2.24, 2.45) is 7.05 Å². The average Bonchev–Trinajstić information content (AvgIpc) is 3.72. The first-order valence-electron chi connectivity index (χ1n) is 15.9. The summed E-state index contributed by atoms with van der Waals surface area (Å²) in [5, 5.41) is 11.8. The maximum absolute atomic E-state index is 15.1. The molecular weight excluding hydrogens is 725 g/mol. The molecule has 0 aliphatic heterocycles. The van der Waals surface area contributed by atoms with Gasteiger partial charge in [0.15, 0.2) is 17.4 Å². The van der Waals surface area contributed by atoms with Crippen LogP contribution in [0.25, 0.3) is 27.5 Å². The van der Waals surface area contributed by atoms with Crippen LogP contribution in [-0.4, -0.2) is 56.8 Å². The Bertz CT molecular complexity index is 2570. The van der Waals surface area contributed by atoms with E-state index in [2.05, 4.69) is 20.2 Å². The number of hydrogen-bond acceptors (Lipinski definition) is 8. The fourth-order valence-electron chi connectivity index (χ4n) is 6.29. The van der Waals surface area contributed by atoms with Gasteiger partial charge >= 0.3 is 0 Å². The number of sulfonamides is 1. The van der Waals surface area contributed by atoms with Crippen LogP contribution in [0.3, 0.4) is 0 Å². The van der Waals surface area contributed by atoms with Crippen molar-refractivity contribution < 1.29 is 31.1 Å². The second-order valence-electron chi connectivity index (χ2n) is 12.5. The lowest BCUT2D eigenvalue weighted by molar-refractivity contribution is -0.122. The first-order chi connectivity index (χ1) is 24.7. The van der Waals surface area contributed by atoms with Gasteiger partial charge in [-0.25, -0.2) is 26.6 Å². The molecule has 0 saturated heterocycles. The van der Waals surface area contributed by atoms with E-state index in [1.54, 1.807) is 6.20 Å². The van der Waals surface area contributed by atoms with Gasteiger partial charge in [-0.3, -0.25) is 28.2 Å². The molecule has 1 fully saturated rings. The Morgan fingerprint density at radius 2 is 1.81 bits per heavy atom. The van der Waals surface area contributed by atoms with Crippen LogP contribution >= 0.6 is 11.6 Å². The minimum atomic E-state index is -3.83. The molecule has 1 unspecified atom stereocenters. The van der Waals surface area contributed by atoms with E-state index in [4.69, 9.17) is 21.3 Å². The number of ether oxygens (including phenoxy) is 1. The van der Waals surface area contributed by atoms with Crippen LogP contribution in [0.2, 0.25) is 5.02 Å². The standard InChI is InChI=1S/C34H30ClF3N8O5S/c1-44-30-26(9-7-22(35)28(30)32(42-44)43-52(3,49)50)46-33(40-29-21(34(46)48)6-8-23(38)31(29)51-2)25(14-17-12-19(36)15-20(37)13-17)39-27(47)16-45-11-10-24(41-45)18-4-5-18/h6-13,15,18,25H,4-5,14,16H2,1-3H3,(H,39,47)(H,42,43). The Morgan fingerprint density at radius 1 is 1.08 bits per heavy atom. The highest BCUT2D eigenvalue weighted by Gasteiger charge is 2.30. The number of nitrogens with one attached hydrogen (secondary N) is 2. The fourth-order valence-corrected chi connectivity index (χ4v) is 7.02. The van der Waals surface area contributed by atoms with E-state index in [1.807, 2.05) is 6.07 Å². The number of rotatable bonds is 11. The molecule has 0 radical (unpaired) electrons. The molecule has 270 valence electrons. The number of fused-ring (bicyclic) bond motifs is 2. The number of amides is 1. The minimum Gasteiger partial charge on any atom is -0.491 e. The van der Waals surface area contributed by atoms with E-state index in [1.165, 1.54) is 41.7 Å². The van der Waals surface area contributed by atoms with Gasteiger partial charge in [0.2, 0.25) is 15.9 Å². The molecule has 0 bridgehead atoms. The molecule has 1 atom stereocenters. The summed E-state index contributed by atoms with van der Waals surface area (Å²) in [7, 11) is -1.13. The first-order valence-corrected chi connectivity index (χ1v) is 18.2. The Morgan fingerprint density at radius 3 is 2.48 bits per heavy atom. The van der Waals surface area contributed by atoms with Crippen molar-refractivity contribution >= 4 is 55.2 Å². The van der Waals surface area contributed by atoms with E-state index in [-0.39, 0.29) is 68.4 Å². The topological polar surface area (TPSA) is 155 Å². The van der Waals surface area contributed by atoms with Crippen LogP contribution in [0.4, 0.5) is 19.0 Å². The molecule has 1 amide bonds. The van der Waals surface area contributed by atoms with Crippen molar-refractivity contribution in [2.75, 3.05) is 18.1 Å². The maximum atomic E-state index is 15.1. The zero-order valence-corrected chi connectivity index (χ0v) is 29.4. The van der Waals surface area contributed by atoms with Crippen LogP contribution in [0.1, 0.15) is 41.9 Å². The van der Waals surface area contributed by atoms with Crippen molar-refractivity contribution in [3.05, 3.63) is 105 Å². The minimum absolute atomic E-state index is 0.0761. The first kappa shape index (κ1) is 35.0. The molecule has 1 aliphatic rings. The van der Waals surface area contributed by atoms with Gasteiger partial charge in [-0.2, -0.15) is 10.2 Å². The van der Waals surface area contributed by atoms with Crippen LogP contribution < -0.4 is 20.3 Å². The van der Waals surface area contributed by atoms with Crippen molar-refractivity contribution in [1.82, 2.24) is 34.4 Å². The van der Waals surface area contributed by atoms with Gasteiger partial charge in [-0.05, 0) is 60.9 Å². The van der Waals surface area contributed by atoms with E-state index in [0.29, 0.717) is 12.0 Å². The second kappa shape index (κ2) is 13.3. The zero-order chi connectivity index (χ0) is 37.1. The number of anilines is 1. The van der Waals surface area contributed by atoms with Crippen LogP contribution in [-0.2, 0) is 34.8 Å². The van der Waals surface area contributed by atoms with Crippen molar-refractivity contribution in [3.8, 4) is 11.4 Å². The lowest BCUT2D eigenvalue weighted by Gasteiger charge is -2.24. The third kappa shape index (κ3) is 6.80. The van der Waals surface area contributed by atoms with Gasteiger partial charge in [-0.1, -0.05) is 11.6 Å². The summed E-state index contributed by atoms with van der Waals surface area (Å²) in [6.07, 6.45) is 4.32. The number of aromatic nitrogens is 6. The maximum Gasteiger partial charge on any atom is 0.266 e. The highest BCUT2D eigenvalue weighted by atomic mass is 35.5. The van der Waals surface area contributed by atoms with Crippen LogP contribution in [0.5, 0.6) is 5.75 Å². The van der Waals surface area contributed by atoms with E-state index < -0.39 is 45.0 Å². The van der Waals surface area contributed by atoms with Gasteiger partial charge in [0.1, 0.15) is 29.5 Å². The molecule has 3 aromatic heterocycles. The third-order valence-electron chi connectivity index (χ3n) is 8.59. The monoisotopic (exact) mass is 754 g/mol. The molecule has 2 N–H and O–H groups in total. The Kier molecular flexibility index (Phi) is 8.94. The number of benzene rings is 3. The van der Waals surface area contributed by atoms with E-state index in [9.17, 15) is 26.8 Å². The molecule has 1 aliphatic carbocycles. The van der Waals surface area contributed by atoms with Gasteiger partial charge in [-0.15, -0.1) is 0 Å². The highest BCUT2D eigenvalue weighted by molar-refractivity contribution is 7.92. The van der Waals surface area contributed by atoms with Gasteiger partial charge in [0, 0.05) is 31.6 Å². The SMILES string of the molecule is COc1c(F)ccc2c(=O)n(-c3ccc(Cl)c4c(NS(C)(=O)=O)nn(C)c34)c(C(Cc3cc(F)cc(F)c3)NC(=O)Cn3ccc(C4CC4)n3)nc12. The molecule has 0 spiro atoms. The largest absolute Gasteiger partial charge is 0.491 e. The van der Waals surface area contributed by atoms with E-state index in [0.717, 1.165) is 47.6 Å². The number of aryl methyl sites for hydroxylation is 1. The molecular formula is C34H30ClF3N8O5S. The third-order valence-corrected chi connectivity index (χ3v) is 9.47. The number of halogens is 4. The number of carbonyl (C=O) groups excluding carboxylic acids is 1. The normalized spacial score (nSPS) is 13.8. The molecule has 1 saturated carbocycles. The summed E-state index contributed by atoms with van der Waals surface area (Å²) < 4.78 is 80.1. The van der Waals surface area contributed by atoms with Gasteiger partial charge < -0.3 is 10.1 Å². The lowest BCUT2D eigenvalue weighted by Crippen LogP contribution is -2.37. The lowest BCUT2D eigenvalue weighted by atomic mass is 10.0. The Balaban J connectivity index is 1.47. The number of hydrogen-bond donors (Lipinski definition) is 2. The summed E-state index contributed by atoms with van der Waals surface area (Å²) in [5.74, 6) is -3.47. The van der Waals surface area contributed by atoms with Gasteiger partial charge in [0.25, 0.3) is 5.56 Å². The van der Waals surface area contributed by atoms with Crippen LogP contribution in [0.15, 0.2) is 59.5 Å². The summed E-state index contributed by atoms with van der Waals surface area (Å²) in [4.78, 5) is 33.1. The van der Waals surface area contributed by atoms with Crippen molar-refractivity contribution in [1.29, 1.82) is 0 Å². The summed E-state index contributed by atoms with van der Waals surface area (Å²) >= 11 is 6.58. The quantitative estimate of drug-likeness (QED) is 0.189. The Labute approximate surface area is 299 Å². The zero-order valence-electron chi connectivity index (χ0n) is 27.8. The fraction of sp³-hybridized carbons (Fsp3) is 0.265. The molecule has 52 heavy (non-hydrogen) atoms. The number of methoxy groups -OCH3 is 1. The average molecular weight is 755 g/mol. The molecule has 13 nitrogen and oxygen atoms in total. The van der Waals surface area contributed by atoms with Crippen molar-refractivity contribution in [3.63, 3.8) is 0 Å². The number of nitrogens with zero attached hydrogens (tertiary/aromatic N) is 6. The predicted octanol–water partition coefficient (Wildman–Crippen LogP) is 4.90. The summed E-state index contributed by atoms with van der Waals surface area (Å²) in [6.45, 7) is -0.246. The molecule has 18 heteroatoms. The van der Waals surface area contributed by atoms with E-state index >= 15 is 4.39 Å². The Hall–Kier alpha value is -5.42. The molecule has 3 aromatic carbocycles. The summed E-state index contributed by atoms with van der Waals surface area (Å²) in [5.41, 5.74) is 0.311. The predicted molar refractivity (Wildman–Crippen MR) is 187 cm³/mol. The van der Waals surface area contributed by atoms with Crippen LogP contribution in [0, 0.1) is 17.5 Å². The summed E-state index contributed by atoms with van der Waals surface area (Å²) in [6, 6.07) is 8.54. The molecule has 7 rings (SSSR count). The molecule has 6 aromatic rings. The smallest absolute Gasteiger partial charge is 0.266 e. The number of carbonyl (C=O) groups is 1. The highest BCUT2D eigenvalue weighted by Crippen LogP contribution is 2.39. The molecule has 3 heterocycles. The van der Waals surface area contributed by atoms with Crippen molar-refractivity contribution in [2.45, 2.75) is 37.8 Å².